The molecule has 106 valence electrons. The van der Waals surface area contributed by atoms with Crippen molar-refractivity contribution in [3.63, 3.8) is 0 Å². The van der Waals surface area contributed by atoms with Gasteiger partial charge in [-0.15, -0.1) is 0 Å². The average Bonchev–Trinajstić information content (AvgIpc) is 2.52. The van der Waals surface area contributed by atoms with Gasteiger partial charge in [0.25, 0.3) is 0 Å². The molecule has 4 nitrogen and oxygen atoms in total. The number of hydrogen-bond donors (Lipinski definition) is 2. The SMILES string of the molecule is O=C(C=Cc1ccccc1)NCc1ccccc1C(=O)O. The molecule has 0 saturated heterocycles. The van der Waals surface area contributed by atoms with Gasteiger partial charge in [-0.1, -0.05) is 48.5 Å². The summed E-state index contributed by atoms with van der Waals surface area (Å²) in [6.07, 6.45) is 3.14. The Morgan fingerprint density at radius 1 is 1.00 bits per heavy atom. The zero-order valence-corrected chi connectivity index (χ0v) is 11.3. The van der Waals surface area contributed by atoms with E-state index < -0.39 is 5.97 Å². The molecule has 2 N–H and O–H groups in total. The van der Waals surface area contributed by atoms with Crippen molar-refractivity contribution >= 4 is 18.0 Å². The summed E-state index contributed by atoms with van der Waals surface area (Å²) >= 11 is 0. The van der Waals surface area contributed by atoms with Crippen molar-refractivity contribution in [1.29, 1.82) is 0 Å². The molecule has 0 radical (unpaired) electrons. The van der Waals surface area contributed by atoms with Gasteiger partial charge in [0.2, 0.25) is 5.91 Å². The van der Waals surface area contributed by atoms with E-state index in [0.29, 0.717) is 5.56 Å². The fourth-order valence-electron chi connectivity index (χ4n) is 1.86. The van der Waals surface area contributed by atoms with Gasteiger partial charge in [-0.3, -0.25) is 4.79 Å². The van der Waals surface area contributed by atoms with Crippen molar-refractivity contribution in [3.05, 3.63) is 77.4 Å². The average molecular weight is 281 g/mol. The van der Waals surface area contributed by atoms with Crippen LogP contribution in [0.4, 0.5) is 0 Å². The summed E-state index contributed by atoms with van der Waals surface area (Å²) in [6, 6.07) is 16.1. The topological polar surface area (TPSA) is 66.4 Å². The summed E-state index contributed by atoms with van der Waals surface area (Å²) in [6.45, 7) is 0.181. The number of nitrogens with one attached hydrogen (secondary N) is 1. The minimum absolute atomic E-state index is 0.181. The lowest BCUT2D eigenvalue weighted by atomic mass is 10.1. The molecule has 0 aliphatic heterocycles. The largest absolute Gasteiger partial charge is 0.478 e. The Kier molecular flexibility index (Phi) is 4.88. The summed E-state index contributed by atoms with van der Waals surface area (Å²) in [5.74, 6) is -1.27. The van der Waals surface area contributed by atoms with Crippen LogP contribution in [-0.4, -0.2) is 17.0 Å². The third-order valence-corrected chi connectivity index (χ3v) is 2.93. The number of rotatable bonds is 5. The van der Waals surface area contributed by atoms with Gasteiger partial charge in [-0.2, -0.15) is 0 Å². The number of aromatic carboxylic acids is 1. The highest BCUT2D eigenvalue weighted by molar-refractivity contribution is 5.92. The van der Waals surface area contributed by atoms with E-state index in [1.165, 1.54) is 12.1 Å². The quantitative estimate of drug-likeness (QED) is 0.828. The smallest absolute Gasteiger partial charge is 0.336 e. The molecule has 0 saturated carbocycles. The fraction of sp³-hybridized carbons (Fsp3) is 0.0588. The van der Waals surface area contributed by atoms with Crippen LogP contribution < -0.4 is 5.32 Å². The van der Waals surface area contributed by atoms with Crippen LogP contribution in [0.5, 0.6) is 0 Å². The van der Waals surface area contributed by atoms with Crippen LogP contribution in [0.25, 0.3) is 6.08 Å². The number of benzene rings is 2. The number of amides is 1. The monoisotopic (exact) mass is 281 g/mol. The van der Waals surface area contributed by atoms with E-state index in [0.717, 1.165) is 5.56 Å². The Balaban J connectivity index is 1.96. The summed E-state index contributed by atoms with van der Waals surface area (Å²) in [5.41, 5.74) is 1.70. The molecule has 0 aromatic heterocycles. The van der Waals surface area contributed by atoms with Gasteiger partial charge in [-0.05, 0) is 23.3 Å². The van der Waals surface area contributed by atoms with E-state index in [2.05, 4.69) is 5.32 Å². The van der Waals surface area contributed by atoms with Gasteiger partial charge in [0.1, 0.15) is 0 Å². The molecule has 0 aliphatic rings. The number of carbonyl (C=O) groups excluding carboxylic acids is 1. The molecule has 2 aromatic carbocycles. The summed E-state index contributed by atoms with van der Waals surface area (Å²) in [4.78, 5) is 22.8. The van der Waals surface area contributed by atoms with Crippen molar-refractivity contribution in [1.82, 2.24) is 5.32 Å². The highest BCUT2D eigenvalue weighted by atomic mass is 16.4. The second-order valence-corrected chi connectivity index (χ2v) is 4.42. The van der Waals surface area contributed by atoms with Crippen molar-refractivity contribution in [2.24, 2.45) is 0 Å². The predicted molar refractivity (Wildman–Crippen MR) is 80.7 cm³/mol. The molecule has 1 amide bonds. The highest BCUT2D eigenvalue weighted by Gasteiger charge is 2.08. The molecule has 4 heteroatoms. The van der Waals surface area contributed by atoms with Crippen molar-refractivity contribution in [2.45, 2.75) is 6.54 Å². The summed E-state index contributed by atoms with van der Waals surface area (Å²) in [7, 11) is 0. The summed E-state index contributed by atoms with van der Waals surface area (Å²) in [5, 5.41) is 11.7. The van der Waals surface area contributed by atoms with Crippen LogP contribution in [0.15, 0.2) is 60.7 Å². The molecule has 0 bridgehead atoms. The molecular formula is C17H15NO3. The molecule has 0 fully saturated rings. The molecule has 0 atom stereocenters. The van der Waals surface area contributed by atoms with Crippen LogP contribution in [0.3, 0.4) is 0 Å². The van der Waals surface area contributed by atoms with E-state index >= 15 is 0 Å². The zero-order chi connectivity index (χ0) is 15.1. The second kappa shape index (κ2) is 7.05. The van der Waals surface area contributed by atoms with Gasteiger partial charge in [0.05, 0.1) is 5.56 Å². The van der Waals surface area contributed by atoms with E-state index in [9.17, 15) is 9.59 Å². The van der Waals surface area contributed by atoms with Gasteiger partial charge < -0.3 is 10.4 Å². The zero-order valence-electron chi connectivity index (χ0n) is 11.3. The second-order valence-electron chi connectivity index (χ2n) is 4.42. The molecule has 0 heterocycles. The first-order chi connectivity index (χ1) is 10.2. The lowest BCUT2D eigenvalue weighted by Crippen LogP contribution is -2.21. The lowest BCUT2D eigenvalue weighted by Gasteiger charge is -2.06. The van der Waals surface area contributed by atoms with Crippen LogP contribution >= 0.6 is 0 Å². The Hall–Kier alpha value is -2.88. The number of hydrogen-bond acceptors (Lipinski definition) is 2. The van der Waals surface area contributed by atoms with Gasteiger partial charge >= 0.3 is 5.97 Å². The minimum atomic E-state index is -1.00. The van der Waals surface area contributed by atoms with Crippen LogP contribution in [-0.2, 0) is 11.3 Å². The van der Waals surface area contributed by atoms with Crippen LogP contribution in [0.2, 0.25) is 0 Å². The Morgan fingerprint density at radius 3 is 2.38 bits per heavy atom. The predicted octanol–water partition coefficient (Wildman–Crippen LogP) is 2.71. The molecule has 0 unspecified atom stereocenters. The van der Waals surface area contributed by atoms with E-state index in [-0.39, 0.29) is 18.0 Å². The standard InChI is InChI=1S/C17H15NO3/c19-16(11-10-13-6-2-1-3-7-13)18-12-14-8-4-5-9-15(14)17(20)21/h1-11H,12H2,(H,18,19)(H,20,21). The fourth-order valence-corrected chi connectivity index (χ4v) is 1.86. The van der Waals surface area contributed by atoms with Crippen molar-refractivity contribution in [2.75, 3.05) is 0 Å². The Bertz CT molecular complexity index is 663. The number of carbonyl (C=O) groups is 2. The van der Waals surface area contributed by atoms with E-state index in [1.54, 1.807) is 24.3 Å². The summed E-state index contributed by atoms with van der Waals surface area (Å²) < 4.78 is 0. The molecule has 21 heavy (non-hydrogen) atoms. The first-order valence-electron chi connectivity index (χ1n) is 6.49. The highest BCUT2D eigenvalue weighted by Crippen LogP contribution is 2.08. The first kappa shape index (κ1) is 14.5. The van der Waals surface area contributed by atoms with Crippen LogP contribution in [0, 0.1) is 0 Å². The normalized spacial score (nSPS) is 10.5. The molecule has 0 spiro atoms. The molecule has 2 rings (SSSR count). The van der Waals surface area contributed by atoms with Crippen molar-refractivity contribution < 1.29 is 14.7 Å². The number of carboxylic acids is 1. The van der Waals surface area contributed by atoms with Crippen molar-refractivity contribution in [3.8, 4) is 0 Å². The number of carboxylic acid groups (broad SMARTS) is 1. The Labute approximate surface area is 122 Å². The first-order valence-corrected chi connectivity index (χ1v) is 6.49. The van der Waals surface area contributed by atoms with Crippen LogP contribution in [0.1, 0.15) is 21.5 Å². The van der Waals surface area contributed by atoms with E-state index in [1.807, 2.05) is 30.3 Å². The molecule has 2 aromatic rings. The van der Waals surface area contributed by atoms with Gasteiger partial charge in [0, 0.05) is 12.6 Å². The molecule has 0 aliphatic carbocycles. The maximum absolute atomic E-state index is 11.7. The van der Waals surface area contributed by atoms with Gasteiger partial charge in [-0.25, -0.2) is 4.79 Å². The third kappa shape index (κ3) is 4.31. The lowest BCUT2D eigenvalue weighted by molar-refractivity contribution is -0.116. The third-order valence-electron chi connectivity index (χ3n) is 2.93. The molecular weight excluding hydrogens is 266 g/mol. The Morgan fingerprint density at radius 2 is 1.67 bits per heavy atom. The van der Waals surface area contributed by atoms with Gasteiger partial charge in [0.15, 0.2) is 0 Å². The maximum Gasteiger partial charge on any atom is 0.336 e. The minimum Gasteiger partial charge on any atom is -0.478 e. The van der Waals surface area contributed by atoms with E-state index in [4.69, 9.17) is 5.11 Å². The maximum atomic E-state index is 11.7.